The molecule has 1 fully saturated rings. The molecule has 3 rings (SSSR count). The number of nitrogens with zero attached hydrogens (tertiary/aromatic N) is 1. The van der Waals surface area contributed by atoms with Crippen molar-refractivity contribution in [3.8, 4) is 0 Å². The van der Waals surface area contributed by atoms with Gasteiger partial charge in [0.25, 0.3) is 5.56 Å². The highest BCUT2D eigenvalue weighted by molar-refractivity contribution is 5.89. The number of carbonyl (C=O) groups excluding carboxylic acids is 1. The summed E-state index contributed by atoms with van der Waals surface area (Å²) in [6.07, 6.45) is 3.80. The van der Waals surface area contributed by atoms with Gasteiger partial charge in [-0.3, -0.25) is 4.79 Å². The standard InChI is InChI=1S/C21H25NO4/c1-15(2)21(10-4-12-26-21)18-9-11-22(19(23)13-18)14-16-5-7-17(8-6-16)20(24)25-3/h5-9,11,13,15H,4,10,12,14H2,1-3H3. The third kappa shape index (κ3) is 3.44. The van der Waals surface area contributed by atoms with Crippen molar-refractivity contribution >= 4 is 5.97 Å². The van der Waals surface area contributed by atoms with E-state index in [2.05, 4.69) is 13.8 Å². The van der Waals surface area contributed by atoms with Gasteiger partial charge in [0.1, 0.15) is 0 Å². The number of methoxy groups -OCH3 is 1. The molecule has 0 radical (unpaired) electrons. The Hall–Kier alpha value is -2.40. The molecule has 0 N–H and O–H groups in total. The van der Waals surface area contributed by atoms with Gasteiger partial charge in [0.2, 0.25) is 0 Å². The first-order valence-electron chi connectivity index (χ1n) is 8.98. The summed E-state index contributed by atoms with van der Waals surface area (Å²) >= 11 is 0. The van der Waals surface area contributed by atoms with E-state index in [1.54, 1.807) is 22.8 Å². The predicted molar refractivity (Wildman–Crippen MR) is 99.3 cm³/mol. The van der Waals surface area contributed by atoms with Gasteiger partial charge in [-0.15, -0.1) is 0 Å². The zero-order chi connectivity index (χ0) is 18.7. The Kier molecular flexibility index (Phi) is 5.28. The number of hydrogen-bond donors (Lipinski definition) is 0. The van der Waals surface area contributed by atoms with E-state index >= 15 is 0 Å². The molecule has 1 saturated heterocycles. The lowest BCUT2D eigenvalue weighted by Gasteiger charge is -2.33. The van der Waals surface area contributed by atoms with Gasteiger partial charge in [-0.05, 0) is 48.1 Å². The van der Waals surface area contributed by atoms with Crippen LogP contribution in [-0.2, 0) is 21.6 Å². The summed E-state index contributed by atoms with van der Waals surface area (Å²) in [5.41, 5.74) is 2.02. The number of ether oxygens (including phenoxy) is 2. The van der Waals surface area contributed by atoms with Gasteiger partial charge in [0, 0.05) is 18.9 Å². The monoisotopic (exact) mass is 355 g/mol. The van der Waals surface area contributed by atoms with E-state index in [4.69, 9.17) is 9.47 Å². The Bertz CT molecular complexity index is 830. The molecule has 1 atom stereocenters. The van der Waals surface area contributed by atoms with E-state index in [1.807, 2.05) is 24.4 Å². The predicted octanol–water partition coefficient (Wildman–Crippen LogP) is 3.34. The Balaban J connectivity index is 1.82. The van der Waals surface area contributed by atoms with Crippen molar-refractivity contribution in [2.45, 2.75) is 38.8 Å². The van der Waals surface area contributed by atoms with Crippen molar-refractivity contribution in [2.75, 3.05) is 13.7 Å². The summed E-state index contributed by atoms with van der Waals surface area (Å²) in [5, 5.41) is 0. The minimum atomic E-state index is -0.367. The fourth-order valence-corrected chi connectivity index (χ4v) is 3.64. The van der Waals surface area contributed by atoms with E-state index in [0.29, 0.717) is 18.0 Å². The highest BCUT2D eigenvalue weighted by atomic mass is 16.5. The van der Waals surface area contributed by atoms with E-state index in [-0.39, 0.29) is 17.1 Å². The molecule has 1 aromatic heterocycles. The second-order valence-electron chi connectivity index (χ2n) is 7.07. The Labute approximate surface area is 153 Å². The van der Waals surface area contributed by atoms with Gasteiger partial charge < -0.3 is 14.0 Å². The first-order chi connectivity index (χ1) is 12.5. The van der Waals surface area contributed by atoms with Gasteiger partial charge in [0.05, 0.1) is 24.8 Å². The molecule has 1 aliphatic rings. The van der Waals surface area contributed by atoms with Gasteiger partial charge in [-0.25, -0.2) is 4.79 Å². The van der Waals surface area contributed by atoms with Crippen LogP contribution in [0.1, 0.15) is 48.2 Å². The van der Waals surface area contributed by atoms with E-state index in [9.17, 15) is 9.59 Å². The third-order valence-electron chi connectivity index (χ3n) is 5.20. The van der Waals surface area contributed by atoms with Crippen LogP contribution in [0.4, 0.5) is 0 Å². The summed E-state index contributed by atoms with van der Waals surface area (Å²) in [6, 6.07) is 10.8. The molecule has 0 saturated carbocycles. The third-order valence-corrected chi connectivity index (χ3v) is 5.20. The molecule has 1 aliphatic heterocycles. The number of carbonyl (C=O) groups is 1. The van der Waals surface area contributed by atoms with Crippen LogP contribution in [0.3, 0.4) is 0 Å². The fourth-order valence-electron chi connectivity index (χ4n) is 3.64. The molecule has 2 heterocycles. The van der Waals surface area contributed by atoms with E-state index in [0.717, 1.165) is 30.6 Å². The van der Waals surface area contributed by atoms with Gasteiger partial charge in [0.15, 0.2) is 0 Å². The lowest BCUT2D eigenvalue weighted by atomic mass is 9.81. The SMILES string of the molecule is COC(=O)c1ccc(Cn2ccc(C3(C(C)C)CCCO3)cc2=O)cc1. The Morgan fingerprint density at radius 2 is 2.00 bits per heavy atom. The Morgan fingerprint density at radius 1 is 1.27 bits per heavy atom. The molecule has 0 aliphatic carbocycles. The Morgan fingerprint density at radius 3 is 2.54 bits per heavy atom. The summed E-state index contributed by atoms with van der Waals surface area (Å²) < 4.78 is 12.4. The molecule has 2 aromatic rings. The molecular formula is C21H25NO4. The lowest BCUT2D eigenvalue weighted by Crippen LogP contribution is -2.33. The smallest absolute Gasteiger partial charge is 0.337 e. The van der Waals surface area contributed by atoms with Crippen LogP contribution < -0.4 is 5.56 Å². The second-order valence-corrected chi connectivity index (χ2v) is 7.07. The highest BCUT2D eigenvalue weighted by Gasteiger charge is 2.40. The van der Waals surface area contributed by atoms with Crippen molar-refractivity contribution in [3.05, 3.63) is 69.6 Å². The van der Waals surface area contributed by atoms with Crippen LogP contribution in [0, 0.1) is 5.92 Å². The summed E-state index contributed by atoms with van der Waals surface area (Å²) in [7, 11) is 1.36. The fraction of sp³-hybridized carbons (Fsp3) is 0.429. The minimum absolute atomic E-state index is 0.0462. The van der Waals surface area contributed by atoms with Crippen LogP contribution in [0.25, 0.3) is 0 Å². The molecular weight excluding hydrogens is 330 g/mol. The molecule has 0 spiro atoms. The maximum Gasteiger partial charge on any atom is 0.337 e. The summed E-state index contributed by atoms with van der Waals surface area (Å²) in [4.78, 5) is 24.1. The topological polar surface area (TPSA) is 57.5 Å². The van der Waals surface area contributed by atoms with Crippen molar-refractivity contribution in [3.63, 3.8) is 0 Å². The number of rotatable bonds is 5. The van der Waals surface area contributed by atoms with Crippen molar-refractivity contribution in [1.82, 2.24) is 4.57 Å². The normalized spacial score (nSPS) is 19.7. The average molecular weight is 355 g/mol. The molecule has 1 aromatic carbocycles. The molecule has 26 heavy (non-hydrogen) atoms. The highest BCUT2D eigenvalue weighted by Crippen LogP contribution is 2.41. The number of esters is 1. The molecule has 1 unspecified atom stereocenters. The summed E-state index contributed by atoms with van der Waals surface area (Å²) in [5.74, 6) is -0.0558. The van der Waals surface area contributed by atoms with Gasteiger partial charge >= 0.3 is 5.97 Å². The zero-order valence-corrected chi connectivity index (χ0v) is 15.5. The van der Waals surface area contributed by atoms with Crippen molar-refractivity contribution in [1.29, 1.82) is 0 Å². The minimum Gasteiger partial charge on any atom is -0.465 e. The number of hydrogen-bond acceptors (Lipinski definition) is 4. The summed E-state index contributed by atoms with van der Waals surface area (Å²) in [6.45, 7) is 5.48. The number of pyridine rings is 1. The largest absolute Gasteiger partial charge is 0.465 e. The zero-order valence-electron chi connectivity index (χ0n) is 15.5. The average Bonchev–Trinajstić information content (AvgIpc) is 3.14. The lowest BCUT2D eigenvalue weighted by molar-refractivity contribution is -0.0384. The van der Waals surface area contributed by atoms with E-state index < -0.39 is 0 Å². The second kappa shape index (κ2) is 7.46. The van der Waals surface area contributed by atoms with Crippen LogP contribution in [0.2, 0.25) is 0 Å². The van der Waals surface area contributed by atoms with Crippen LogP contribution >= 0.6 is 0 Å². The van der Waals surface area contributed by atoms with Crippen LogP contribution in [-0.4, -0.2) is 24.3 Å². The maximum atomic E-state index is 12.6. The van der Waals surface area contributed by atoms with Gasteiger partial charge in [-0.1, -0.05) is 26.0 Å². The quantitative estimate of drug-likeness (QED) is 0.772. The number of benzene rings is 1. The molecule has 0 bridgehead atoms. The maximum absolute atomic E-state index is 12.6. The van der Waals surface area contributed by atoms with E-state index in [1.165, 1.54) is 7.11 Å². The first-order valence-corrected chi connectivity index (χ1v) is 8.98. The molecule has 5 heteroatoms. The van der Waals surface area contributed by atoms with Crippen LogP contribution in [0.5, 0.6) is 0 Å². The first kappa shape index (κ1) is 18.4. The van der Waals surface area contributed by atoms with Crippen molar-refractivity contribution < 1.29 is 14.3 Å². The molecule has 0 amide bonds. The van der Waals surface area contributed by atoms with Gasteiger partial charge in [-0.2, -0.15) is 0 Å². The number of aromatic nitrogens is 1. The van der Waals surface area contributed by atoms with Crippen molar-refractivity contribution in [2.24, 2.45) is 5.92 Å². The molecule has 5 nitrogen and oxygen atoms in total. The molecule has 138 valence electrons. The van der Waals surface area contributed by atoms with Crippen LogP contribution in [0.15, 0.2) is 47.4 Å².